The Kier molecular flexibility index (Phi) is 4.81. The molecule has 0 saturated heterocycles. The van der Waals surface area contributed by atoms with Crippen molar-refractivity contribution >= 4 is 0 Å². The summed E-state index contributed by atoms with van der Waals surface area (Å²) in [6.07, 6.45) is 3.72. The topological polar surface area (TPSA) is 68.4 Å². The zero-order valence-corrected chi connectivity index (χ0v) is 12.9. The van der Waals surface area contributed by atoms with Gasteiger partial charge >= 0.3 is 0 Å². The molecule has 0 aliphatic heterocycles. The summed E-state index contributed by atoms with van der Waals surface area (Å²) in [5.41, 5.74) is -0.410. The van der Waals surface area contributed by atoms with Crippen LogP contribution in [0.4, 0.5) is 0 Å². The third-order valence-electron chi connectivity index (χ3n) is 4.34. The highest BCUT2D eigenvalue weighted by Gasteiger charge is 2.41. The molecule has 1 aromatic rings. The van der Waals surface area contributed by atoms with E-state index in [-0.39, 0.29) is 5.92 Å². The fourth-order valence-electron chi connectivity index (χ4n) is 2.99. The molecule has 0 radical (unpaired) electrons. The Labute approximate surface area is 120 Å². The van der Waals surface area contributed by atoms with Crippen molar-refractivity contribution in [2.24, 2.45) is 5.92 Å². The highest BCUT2D eigenvalue weighted by atomic mass is 16.5. The van der Waals surface area contributed by atoms with Gasteiger partial charge in [-0.05, 0) is 39.0 Å². The Balaban J connectivity index is 2.26. The summed E-state index contributed by atoms with van der Waals surface area (Å²) < 4.78 is 11.4. The van der Waals surface area contributed by atoms with Crippen molar-refractivity contribution in [1.82, 2.24) is 10.1 Å². The fraction of sp³-hybridized carbons (Fsp3) is 0.867. The second-order valence-corrected chi connectivity index (χ2v) is 6.11. The Morgan fingerprint density at radius 1 is 1.50 bits per heavy atom. The number of nitrogens with zero attached hydrogens (tertiary/aromatic N) is 2. The van der Waals surface area contributed by atoms with Gasteiger partial charge in [0.2, 0.25) is 11.7 Å². The second-order valence-electron chi connectivity index (χ2n) is 6.11. The lowest BCUT2D eigenvalue weighted by atomic mass is 9.78. The molecular weight excluding hydrogens is 256 g/mol. The SMILES string of the molecule is CCOC1(c2noc(C(C)C(C)O)n2)CCCC(C)C1. The maximum Gasteiger partial charge on any atom is 0.232 e. The predicted molar refractivity (Wildman–Crippen MR) is 75.3 cm³/mol. The van der Waals surface area contributed by atoms with Crippen LogP contribution in [0.3, 0.4) is 0 Å². The van der Waals surface area contributed by atoms with Gasteiger partial charge in [-0.25, -0.2) is 0 Å². The highest BCUT2D eigenvalue weighted by Crippen LogP contribution is 2.42. The molecule has 2 rings (SSSR count). The number of aliphatic hydroxyl groups is 1. The molecule has 1 saturated carbocycles. The van der Waals surface area contributed by atoms with Crippen LogP contribution in [0.25, 0.3) is 0 Å². The predicted octanol–water partition coefficient (Wildman–Crippen LogP) is 3.00. The van der Waals surface area contributed by atoms with Crippen LogP contribution in [0.1, 0.15) is 71.0 Å². The molecular formula is C15H26N2O3. The lowest BCUT2D eigenvalue weighted by Crippen LogP contribution is -2.36. The van der Waals surface area contributed by atoms with E-state index in [1.165, 1.54) is 6.42 Å². The van der Waals surface area contributed by atoms with Crippen molar-refractivity contribution in [3.8, 4) is 0 Å². The van der Waals surface area contributed by atoms with Crippen LogP contribution in [0.5, 0.6) is 0 Å². The summed E-state index contributed by atoms with van der Waals surface area (Å²) in [7, 11) is 0. The molecule has 0 bridgehead atoms. The number of rotatable bonds is 5. The Bertz CT molecular complexity index is 429. The first-order valence-corrected chi connectivity index (χ1v) is 7.64. The van der Waals surface area contributed by atoms with Gasteiger partial charge in [0.1, 0.15) is 5.60 Å². The summed E-state index contributed by atoms with van der Waals surface area (Å²) in [5, 5.41) is 13.8. The maximum absolute atomic E-state index is 9.64. The van der Waals surface area contributed by atoms with Crippen LogP contribution < -0.4 is 0 Å². The van der Waals surface area contributed by atoms with Gasteiger partial charge in [-0.3, -0.25) is 0 Å². The van der Waals surface area contributed by atoms with Crippen molar-refractivity contribution in [3.05, 3.63) is 11.7 Å². The largest absolute Gasteiger partial charge is 0.393 e. The minimum atomic E-state index is -0.503. The molecule has 5 heteroatoms. The van der Waals surface area contributed by atoms with Gasteiger partial charge < -0.3 is 14.4 Å². The first-order valence-electron chi connectivity index (χ1n) is 7.64. The molecule has 1 aliphatic rings. The van der Waals surface area contributed by atoms with E-state index < -0.39 is 11.7 Å². The summed E-state index contributed by atoms with van der Waals surface area (Å²) >= 11 is 0. The summed E-state index contributed by atoms with van der Waals surface area (Å²) in [6, 6.07) is 0. The fourth-order valence-corrected chi connectivity index (χ4v) is 2.99. The molecule has 0 aromatic carbocycles. The third-order valence-corrected chi connectivity index (χ3v) is 4.34. The van der Waals surface area contributed by atoms with Gasteiger partial charge in [0.15, 0.2) is 0 Å². The molecule has 20 heavy (non-hydrogen) atoms. The molecule has 1 N–H and O–H groups in total. The minimum absolute atomic E-state index is 0.157. The molecule has 1 aliphatic carbocycles. The Morgan fingerprint density at radius 3 is 2.85 bits per heavy atom. The molecule has 0 spiro atoms. The molecule has 1 fully saturated rings. The minimum Gasteiger partial charge on any atom is -0.393 e. The van der Waals surface area contributed by atoms with Crippen molar-refractivity contribution in [2.45, 2.75) is 71.0 Å². The van der Waals surface area contributed by atoms with Crippen LogP contribution in [0, 0.1) is 5.92 Å². The van der Waals surface area contributed by atoms with Crippen LogP contribution >= 0.6 is 0 Å². The first-order chi connectivity index (χ1) is 9.48. The highest BCUT2D eigenvalue weighted by molar-refractivity contribution is 5.06. The van der Waals surface area contributed by atoms with E-state index in [0.717, 1.165) is 19.3 Å². The average molecular weight is 282 g/mol. The van der Waals surface area contributed by atoms with Gasteiger partial charge in [0.25, 0.3) is 0 Å². The van der Waals surface area contributed by atoms with Gasteiger partial charge in [-0.15, -0.1) is 0 Å². The Hall–Kier alpha value is -0.940. The van der Waals surface area contributed by atoms with Gasteiger partial charge in [0, 0.05) is 6.61 Å². The van der Waals surface area contributed by atoms with Gasteiger partial charge in [-0.2, -0.15) is 4.98 Å². The second kappa shape index (κ2) is 6.22. The molecule has 1 aromatic heterocycles. The van der Waals surface area contributed by atoms with Crippen LogP contribution in [-0.4, -0.2) is 28.0 Å². The summed E-state index contributed by atoms with van der Waals surface area (Å²) in [4.78, 5) is 4.52. The van der Waals surface area contributed by atoms with E-state index >= 15 is 0 Å². The number of aromatic nitrogens is 2. The zero-order valence-electron chi connectivity index (χ0n) is 12.9. The molecule has 4 atom stereocenters. The smallest absolute Gasteiger partial charge is 0.232 e. The lowest BCUT2D eigenvalue weighted by molar-refractivity contribution is -0.0891. The molecule has 0 amide bonds. The average Bonchev–Trinajstić information content (AvgIpc) is 2.88. The maximum atomic E-state index is 9.64. The van der Waals surface area contributed by atoms with E-state index in [4.69, 9.17) is 9.26 Å². The number of hydrogen-bond acceptors (Lipinski definition) is 5. The van der Waals surface area contributed by atoms with Crippen molar-refractivity contribution in [1.29, 1.82) is 0 Å². The Morgan fingerprint density at radius 2 is 2.25 bits per heavy atom. The van der Waals surface area contributed by atoms with Crippen LogP contribution in [0.2, 0.25) is 0 Å². The van der Waals surface area contributed by atoms with Gasteiger partial charge in [0.05, 0.1) is 12.0 Å². The van der Waals surface area contributed by atoms with E-state index in [1.54, 1.807) is 6.92 Å². The van der Waals surface area contributed by atoms with Crippen molar-refractivity contribution in [3.63, 3.8) is 0 Å². The van der Waals surface area contributed by atoms with Crippen LogP contribution in [-0.2, 0) is 10.3 Å². The van der Waals surface area contributed by atoms with Crippen molar-refractivity contribution < 1.29 is 14.4 Å². The first kappa shape index (κ1) is 15.4. The third kappa shape index (κ3) is 3.04. The monoisotopic (exact) mass is 282 g/mol. The standard InChI is InChI=1S/C15H26N2O3/c1-5-19-15(8-6-7-10(2)9-15)14-16-13(20-17-14)11(3)12(4)18/h10-12,18H,5-9H2,1-4H3. The van der Waals surface area contributed by atoms with E-state index in [1.807, 2.05) is 13.8 Å². The van der Waals surface area contributed by atoms with Crippen molar-refractivity contribution in [2.75, 3.05) is 6.61 Å². The summed E-state index contributed by atoms with van der Waals surface area (Å²) in [5.74, 6) is 1.59. The van der Waals surface area contributed by atoms with Crippen LogP contribution in [0.15, 0.2) is 4.52 Å². The lowest BCUT2D eigenvalue weighted by Gasteiger charge is -2.37. The number of ether oxygens (including phenoxy) is 1. The molecule has 4 unspecified atom stereocenters. The molecule has 114 valence electrons. The quantitative estimate of drug-likeness (QED) is 0.899. The van der Waals surface area contributed by atoms with E-state index in [9.17, 15) is 5.11 Å². The molecule has 1 heterocycles. The van der Waals surface area contributed by atoms with E-state index in [2.05, 4.69) is 17.1 Å². The molecule has 5 nitrogen and oxygen atoms in total. The number of aliphatic hydroxyl groups excluding tert-OH is 1. The summed E-state index contributed by atoms with van der Waals surface area (Å²) in [6.45, 7) is 8.50. The van der Waals surface area contributed by atoms with Gasteiger partial charge in [-0.1, -0.05) is 25.4 Å². The zero-order chi connectivity index (χ0) is 14.8. The van der Waals surface area contributed by atoms with E-state index in [0.29, 0.717) is 24.2 Å². The number of hydrogen-bond donors (Lipinski definition) is 1. The normalized spacial score (nSPS) is 30.1.